The smallest absolute Gasteiger partial charge is 0.347 e. The van der Waals surface area contributed by atoms with Gasteiger partial charge in [-0.2, -0.15) is 0 Å². The molecule has 0 atom stereocenters. The summed E-state index contributed by atoms with van der Waals surface area (Å²) < 4.78 is 5.16. The van der Waals surface area contributed by atoms with Crippen molar-refractivity contribution >= 4 is 28.7 Å². The molecule has 0 amide bonds. The number of hydrogen-bond acceptors (Lipinski definition) is 5. The van der Waals surface area contributed by atoms with Gasteiger partial charge < -0.3 is 4.42 Å². The average Bonchev–Trinajstić information content (AvgIpc) is 2.54. The molecule has 0 unspecified atom stereocenters. The molecule has 0 bridgehead atoms. The molecule has 0 saturated carbocycles. The second-order valence-corrected chi connectivity index (χ2v) is 5.05. The molecule has 3 rings (SSSR count). The zero-order chi connectivity index (χ0) is 16.4. The highest BCUT2D eigenvalue weighted by atomic mass is 16.6. The maximum Gasteiger partial charge on any atom is 0.347 e. The highest BCUT2D eigenvalue weighted by Crippen LogP contribution is 2.16. The third kappa shape index (κ3) is 3.16. The summed E-state index contributed by atoms with van der Waals surface area (Å²) in [5.41, 5.74) is 1.65. The van der Waals surface area contributed by atoms with Crippen molar-refractivity contribution in [1.29, 1.82) is 0 Å². The average molecular weight is 308 g/mol. The molecule has 2 aromatic carbocycles. The summed E-state index contributed by atoms with van der Waals surface area (Å²) in [4.78, 5) is 26.5. The maximum absolute atomic E-state index is 12.0. The fourth-order valence-electron chi connectivity index (χ4n) is 2.18. The highest BCUT2D eigenvalue weighted by Gasteiger charge is 2.06. The zero-order valence-corrected chi connectivity index (χ0v) is 12.2. The number of benzene rings is 2. The minimum absolute atomic E-state index is 0.00412. The van der Waals surface area contributed by atoms with Crippen molar-refractivity contribution in [1.82, 2.24) is 4.98 Å². The Hall–Kier alpha value is -3.28. The van der Waals surface area contributed by atoms with E-state index in [1.165, 1.54) is 18.2 Å². The molecular formula is C17H12N2O4. The summed E-state index contributed by atoms with van der Waals surface area (Å²) in [7, 11) is 0. The van der Waals surface area contributed by atoms with Crippen molar-refractivity contribution in [3.63, 3.8) is 0 Å². The number of nitro benzene ring substituents is 1. The molecule has 3 aromatic rings. The largest absolute Gasteiger partial charge is 0.404 e. The van der Waals surface area contributed by atoms with E-state index in [1.807, 2.05) is 13.0 Å². The molecule has 1 aromatic heterocycles. The van der Waals surface area contributed by atoms with Gasteiger partial charge in [0.2, 0.25) is 5.89 Å². The molecule has 6 nitrogen and oxygen atoms in total. The number of aromatic nitrogens is 1. The molecule has 0 fully saturated rings. The fourth-order valence-corrected chi connectivity index (χ4v) is 2.18. The van der Waals surface area contributed by atoms with E-state index in [1.54, 1.807) is 30.3 Å². The first-order valence-corrected chi connectivity index (χ1v) is 6.87. The monoisotopic (exact) mass is 308 g/mol. The van der Waals surface area contributed by atoms with Gasteiger partial charge in [-0.15, -0.1) is 0 Å². The van der Waals surface area contributed by atoms with E-state index < -0.39 is 10.5 Å². The zero-order valence-electron chi connectivity index (χ0n) is 12.2. The molecular weight excluding hydrogens is 296 g/mol. The van der Waals surface area contributed by atoms with Gasteiger partial charge in [0.25, 0.3) is 5.69 Å². The molecule has 1 heterocycles. The number of rotatable bonds is 3. The highest BCUT2D eigenvalue weighted by molar-refractivity contribution is 5.79. The predicted molar refractivity (Wildman–Crippen MR) is 87.0 cm³/mol. The third-order valence-corrected chi connectivity index (χ3v) is 3.30. The minimum atomic E-state index is -0.464. The second kappa shape index (κ2) is 5.84. The van der Waals surface area contributed by atoms with Crippen LogP contribution in [0.3, 0.4) is 0 Å². The van der Waals surface area contributed by atoms with Crippen LogP contribution < -0.4 is 5.63 Å². The van der Waals surface area contributed by atoms with Gasteiger partial charge in [-0.05, 0) is 30.7 Å². The van der Waals surface area contributed by atoms with Gasteiger partial charge in [0.1, 0.15) is 0 Å². The normalized spacial score (nSPS) is 11.2. The van der Waals surface area contributed by atoms with Crippen LogP contribution in [-0.2, 0) is 0 Å². The van der Waals surface area contributed by atoms with E-state index in [2.05, 4.69) is 4.98 Å². The first-order chi connectivity index (χ1) is 11.0. The quantitative estimate of drug-likeness (QED) is 0.545. The molecule has 114 valence electrons. The van der Waals surface area contributed by atoms with Crippen molar-refractivity contribution in [2.45, 2.75) is 6.92 Å². The molecule has 0 aliphatic heterocycles. The molecule has 23 heavy (non-hydrogen) atoms. The maximum atomic E-state index is 12.0. The molecule has 0 aliphatic carbocycles. The van der Waals surface area contributed by atoms with E-state index >= 15 is 0 Å². The van der Waals surface area contributed by atoms with E-state index in [-0.39, 0.29) is 11.6 Å². The summed E-state index contributed by atoms with van der Waals surface area (Å²) in [5, 5.41) is 11.2. The van der Waals surface area contributed by atoms with Crippen molar-refractivity contribution in [2.75, 3.05) is 0 Å². The lowest BCUT2D eigenvalue weighted by Gasteiger charge is -1.99. The molecule has 0 radical (unpaired) electrons. The van der Waals surface area contributed by atoms with Gasteiger partial charge >= 0.3 is 5.63 Å². The lowest BCUT2D eigenvalue weighted by molar-refractivity contribution is -0.384. The predicted octanol–water partition coefficient (Wildman–Crippen LogP) is 3.58. The number of non-ortho nitro benzene ring substituents is 1. The van der Waals surface area contributed by atoms with Crippen LogP contribution in [0.25, 0.3) is 23.1 Å². The Labute approximate surface area is 130 Å². The van der Waals surface area contributed by atoms with Crippen LogP contribution in [0.4, 0.5) is 5.69 Å². The third-order valence-electron chi connectivity index (χ3n) is 3.30. The fraction of sp³-hybridized carbons (Fsp3) is 0.0588. The summed E-state index contributed by atoms with van der Waals surface area (Å²) in [5.74, 6) is 0.151. The van der Waals surface area contributed by atoms with Crippen LogP contribution >= 0.6 is 0 Å². The van der Waals surface area contributed by atoms with Crippen LogP contribution in [-0.4, -0.2) is 9.91 Å². The van der Waals surface area contributed by atoms with Crippen LogP contribution in [0.2, 0.25) is 0 Å². The molecule has 0 saturated heterocycles. The minimum Gasteiger partial charge on any atom is -0.404 e. The Morgan fingerprint density at radius 1 is 1.17 bits per heavy atom. The van der Waals surface area contributed by atoms with E-state index in [9.17, 15) is 14.9 Å². The van der Waals surface area contributed by atoms with Crippen LogP contribution in [0.1, 0.15) is 17.0 Å². The summed E-state index contributed by atoms with van der Waals surface area (Å²) >= 11 is 0. The first-order valence-electron chi connectivity index (χ1n) is 6.87. The summed E-state index contributed by atoms with van der Waals surface area (Å²) in [6.07, 6.45) is 3.12. The van der Waals surface area contributed by atoms with E-state index in [0.29, 0.717) is 16.5 Å². The first kappa shape index (κ1) is 14.6. The van der Waals surface area contributed by atoms with Crippen molar-refractivity contribution in [2.24, 2.45) is 0 Å². The molecule has 0 aliphatic rings. The lowest BCUT2D eigenvalue weighted by atomic mass is 10.2. The summed E-state index contributed by atoms with van der Waals surface area (Å²) in [6, 6.07) is 11.5. The topological polar surface area (TPSA) is 86.2 Å². The Bertz CT molecular complexity index is 989. The Morgan fingerprint density at radius 3 is 2.78 bits per heavy atom. The van der Waals surface area contributed by atoms with E-state index in [0.717, 1.165) is 5.56 Å². The van der Waals surface area contributed by atoms with Gasteiger partial charge in [-0.3, -0.25) is 10.1 Å². The Balaban J connectivity index is 1.98. The number of nitro groups is 1. The summed E-state index contributed by atoms with van der Waals surface area (Å²) in [6.45, 7) is 1.88. The van der Waals surface area contributed by atoms with Crippen LogP contribution in [0.5, 0.6) is 0 Å². The van der Waals surface area contributed by atoms with E-state index in [4.69, 9.17) is 4.42 Å². The van der Waals surface area contributed by atoms with Gasteiger partial charge in [0, 0.05) is 18.2 Å². The Morgan fingerprint density at radius 2 is 2.00 bits per heavy atom. The molecule has 0 spiro atoms. The van der Waals surface area contributed by atoms with Crippen molar-refractivity contribution < 1.29 is 9.34 Å². The number of nitrogens with zero attached hydrogens (tertiary/aromatic N) is 2. The Kier molecular flexibility index (Phi) is 3.72. The number of aryl methyl sites for hydroxylation is 1. The molecule has 6 heteroatoms. The van der Waals surface area contributed by atoms with Crippen LogP contribution in [0.15, 0.2) is 51.7 Å². The SMILES string of the molecule is Cc1ccc2nc(C=Cc3cccc([N+](=O)[O-])c3)oc(=O)c2c1. The number of hydrogen-bond donors (Lipinski definition) is 0. The van der Waals surface area contributed by atoms with Crippen LogP contribution in [0, 0.1) is 17.0 Å². The standard InChI is InChI=1S/C17H12N2O4/c1-11-5-7-15-14(9-11)17(20)23-16(18-15)8-6-12-3-2-4-13(10-12)19(21)22/h2-10H,1H3. The van der Waals surface area contributed by atoms with Gasteiger partial charge in [-0.1, -0.05) is 23.8 Å². The van der Waals surface area contributed by atoms with Crippen molar-refractivity contribution in [3.05, 3.63) is 80.0 Å². The van der Waals surface area contributed by atoms with Gasteiger partial charge in [0.05, 0.1) is 15.8 Å². The second-order valence-electron chi connectivity index (χ2n) is 5.05. The molecule has 0 N–H and O–H groups in total. The lowest BCUT2D eigenvalue weighted by Crippen LogP contribution is -2.03. The van der Waals surface area contributed by atoms with Gasteiger partial charge in [-0.25, -0.2) is 9.78 Å². The number of fused-ring (bicyclic) bond motifs is 1. The van der Waals surface area contributed by atoms with Crippen molar-refractivity contribution in [3.8, 4) is 0 Å². The van der Waals surface area contributed by atoms with Gasteiger partial charge in [0.15, 0.2) is 0 Å².